The van der Waals surface area contributed by atoms with Crippen LogP contribution in [0.25, 0.3) is 11.2 Å². The van der Waals surface area contributed by atoms with Crippen molar-refractivity contribution in [1.29, 1.82) is 0 Å². The lowest BCUT2D eigenvalue weighted by Gasteiger charge is -2.55. The number of hydrogen-bond donors (Lipinski definition) is 10. The predicted molar refractivity (Wildman–Crippen MR) is 250 cm³/mol. The number of aliphatic hydroxyl groups excluding tert-OH is 3. The highest BCUT2D eigenvalue weighted by Gasteiger charge is 2.71. The van der Waals surface area contributed by atoms with Crippen LogP contribution in [0.2, 0.25) is 0 Å². The lowest BCUT2D eigenvalue weighted by Crippen LogP contribution is -2.56. The molecule has 3 unspecified atom stereocenters. The van der Waals surface area contributed by atoms with Gasteiger partial charge in [-0.05, 0) is 56.4 Å². The number of carbonyl (C=O) groups is 4. The van der Waals surface area contributed by atoms with E-state index < -0.39 is 102 Å². The molecule has 11 N–H and O–H groups in total. The van der Waals surface area contributed by atoms with E-state index in [-0.39, 0.29) is 82.6 Å². The molecule has 2 amide bonds. The van der Waals surface area contributed by atoms with Gasteiger partial charge in [0.15, 0.2) is 28.6 Å². The first-order valence-corrected chi connectivity index (χ1v) is 28.6. The number of nitrogens with two attached hydrogens (primary N) is 1. The van der Waals surface area contributed by atoms with Crippen molar-refractivity contribution in [3.05, 3.63) is 24.8 Å². The molecular formula is C41H62N7O20P3S. The number of phosphoric acid groups is 3. The first-order valence-electron chi connectivity index (χ1n) is 23.0. The van der Waals surface area contributed by atoms with E-state index in [1.807, 2.05) is 6.92 Å². The summed E-state index contributed by atoms with van der Waals surface area (Å²) >= 11 is 0.943. The molecule has 15 atom stereocenters. The summed E-state index contributed by atoms with van der Waals surface area (Å²) in [6, 6.07) is 0. The smallest absolute Gasteiger partial charge is 0.392 e. The molecule has 6 aliphatic rings. The minimum absolute atomic E-state index is 0.0119. The number of ether oxygens (including phenoxy) is 2. The van der Waals surface area contributed by atoms with E-state index >= 15 is 0 Å². The second-order valence-corrected chi connectivity index (χ2v) is 25.6. The van der Waals surface area contributed by atoms with Gasteiger partial charge in [-0.25, -0.2) is 28.6 Å². The zero-order chi connectivity index (χ0) is 53.0. The van der Waals surface area contributed by atoms with Crippen LogP contribution in [-0.2, 0) is 60.2 Å². The molecule has 31 heteroatoms. The molecule has 3 saturated heterocycles. The van der Waals surface area contributed by atoms with Crippen molar-refractivity contribution < 1.29 is 95.1 Å². The Labute approximate surface area is 417 Å². The fourth-order valence-corrected chi connectivity index (χ4v) is 14.6. The third-order valence-electron chi connectivity index (χ3n) is 14.6. The second kappa shape index (κ2) is 21.1. The van der Waals surface area contributed by atoms with E-state index in [0.29, 0.717) is 12.3 Å². The number of imidazole rings is 1. The van der Waals surface area contributed by atoms with Crippen LogP contribution >= 0.6 is 35.2 Å². The molecule has 8 rings (SSSR count). The topological polar surface area (TPSA) is 410 Å². The molecule has 2 aromatic rings. The summed E-state index contributed by atoms with van der Waals surface area (Å²) < 4.78 is 69.1. The van der Waals surface area contributed by atoms with Crippen LogP contribution in [0, 0.1) is 34.0 Å². The van der Waals surface area contributed by atoms with Gasteiger partial charge < -0.3 is 60.7 Å². The first kappa shape index (κ1) is 56.6. The summed E-state index contributed by atoms with van der Waals surface area (Å²) in [6.45, 7) is 6.01. The Morgan fingerprint density at radius 3 is 2.46 bits per heavy atom. The standard InChI is InChI=1S/C41H62N7O20P3S/c1-21(23(49)6-9-39(4)26(50)7-10-41-15-22-14-24(31(39)41)66-40(22,5)17-41)37(55)72-13-12-43-27(51)8-11-44-35(54)32(53)38(2,3)18-64-71(61,62)68-70(59,60)63-16-25-30(67-69(56,57)58)29(52)36(65-25)48-20-47-28-33(42)45-19-46-34(28)48/h7,10,19-25,29-32,36,49,52-53H,6,8-9,11-18H2,1-5H3,(H,43,51)(H,44,54)(H,59,60)(H,61,62)(H2,42,45,46)(H2,56,57,58)/t21?,22-,23+,24+,25-,29-,30-,31+,32+,36-,39-,40+,41+/m1/s1. The second-order valence-electron chi connectivity index (χ2n) is 20.2. The lowest BCUT2D eigenvalue weighted by atomic mass is 9.51. The molecule has 27 nitrogen and oxygen atoms in total. The molecule has 0 aromatic carbocycles. The summed E-state index contributed by atoms with van der Waals surface area (Å²) in [5.41, 5.74) is 3.25. The number of amides is 2. The fraction of sp³-hybridized carbons (Fsp3) is 0.732. The maximum atomic E-state index is 13.4. The lowest BCUT2D eigenvalue weighted by molar-refractivity contribution is -0.169. The van der Waals surface area contributed by atoms with Gasteiger partial charge in [-0.1, -0.05) is 45.5 Å². The molecule has 2 aromatic heterocycles. The Kier molecular flexibility index (Phi) is 16.6. The third-order valence-corrected chi connectivity index (χ3v) is 18.7. The van der Waals surface area contributed by atoms with Crippen molar-refractivity contribution in [3.63, 3.8) is 0 Å². The SMILES string of the molecule is CC(C(=O)SCCNC(=O)CCNC(=O)[C@H](O)C(C)(C)COP(=O)(O)OP(=O)(O)OC[C@H]1O[C@@H](n2cnc3c(N)ncnc32)[C@H](O)[C@@H]1OP(=O)(O)O)[C@@H](O)CC[C@]1(C)C(=O)C=C[C@]23C[C@H]4C[C@H](O[C@@]4(C)C2)[C@H]31. The van der Waals surface area contributed by atoms with Crippen LogP contribution in [0.15, 0.2) is 24.8 Å². The average molecular weight is 1100 g/mol. The Morgan fingerprint density at radius 2 is 1.76 bits per heavy atom. The molecule has 72 heavy (non-hydrogen) atoms. The molecule has 2 saturated carbocycles. The summed E-state index contributed by atoms with van der Waals surface area (Å²) in [6.07, 6.45) is -0.832. The van der Waals surface area contributed by atoms with Gasteiger partial charge in [-0.15, -0.1) is 0 Å². The summed E-state index contributed by atoms with van der Waals surface area (Å²) in [7, 11) is -16.5. The maximum absolute atomic E-state index is 13.4. The number of ketones is 1. The van der Waals surface area contributed by atoms with E-state index in [9.17, 15) is 67.8 Å². The largest absolute Gasteiger partial charge is 0.481 e. The average Bonchev–Trinajstić information content (AvgIpc) is 3.98. The van der Waals surface area contributed by atoms with Gasteiger partial charge in [0, 0.05) is 42.0 Å². The number of anilines is 1. The van der Waals surface area contributed by atoms with Crippen molar-refractivity contribution in [2.24, 2.45) is 34.0 Å². The van der Waals surface area contributed by atoms with Gasteiger partial charge in [-0.2, -0.15) is 4.31 Å². The normalized spacial score (nSPS) is 32.8. The van der Waals surface area contributed by atoms with Crippen LogP contribution in [0.1, 0.15) is 79.4 Å². The predicted octanol–water partition coefficient (Wildman–Crippen LogP) is 1.16. The monoisotopic (exact) mass is 1100 g/mol. The molecule has 5 fully saturated rings. The van der Waals surface area contributed by atoms with E-state index in [0.717, 1.165) is 48.2 Å². The molecule has 5 heterocycles. The highest BCUT2D eigenvalue weighted by molar-refractivity contribution is 8.13. The van der Waals surface area contributed by atoms with Gasteiger partial charge in [0.25, 0.3) is 0 Å². The molecule has 0 radical (unpaired) electrons. The number of nitrogens with zero attached hydrogens (tertiary/aromatic N) is 4. The fourth-order valence-electron chi connectivity index (χ4n) is 10.9. The van der Waals surface area contributed by atoms with E-state index in [1.165, 1.54) is 13.8 Å². The highest BCUT2D eigenvalue weighted by atomic mass is 32.2. The highest BCUT2D eigenvalue weighted by Crippen LogP contribution is 2.71. The number of nitrogen functional groups attached to an aromatic ring is 1. The number of fused-ring (bicyclic) bond motifs is 1. The quantitative estimate of drug-likeness (QED) is 0.0521. The molecular weight excluding hydrogens is 1040 g/mol. The summed E-state index contributed by atoms with van der Waals surface area (Å²) in [5.74, 6) is -1.60. The number of aliphatic hydroxyl groups is 3. The number of thioether (sulfide) groups is 1. The number of aromatic nitrogens is 4. The zero-order valence-corrected chi connectivity index (χ0v) is 43.4. The summed E-state index contributed by atoms with van der Waals surface area (Å²) in [5, 5.41) is 37.4. The molecule has 1 spiro atoms. The Morgan fingerprint density at radius 1 is 1.06 bits per heavy atom. The number of allylic oxidation sites excluding steroid dienone is 2. The van der Waals surface area contributed by atoms with Gasteiger partial charge in [0.2, 0.25) is 11.8 Å². The van der Waals surface area contributed by atoms with Gasteiger partial charge in [0.1, 0.15) is 36.3 Å². The van der Waals surface area contributed by atoms with E-state index in [4.69, 9.17) is 24.3 Å². The van der Waals surface area contributed by atoms with Crippen LogP contribution in [0.3, 0.4) is 0 Å². The molecule has 402 valence electrons. The van der Waals surface area contributed by atoms with Crippen LogP contribution in [0.5, 0.6) is 0 Å². The van der Waals surface area contributed by atoms with Gasteiger partial charge in [-0.3, -0.25) is 37.3 Å². The first-order chi connectivity index (χ1) is 33.4. The minimum Gasteiger partial charge on any atom is -0.392 e. The van der Waals surface area contributed by atoms with Crippen molar-refractivity contribution in [3.8, 4) is 0 Å². The van der Waals surface area contributed by atoms with E-state index in [1.54, 1.807) is 13.0 Å². The van der Waals surface area contributed by atoms with Crippen molar-refractivity contribution in [2.45, 2.75) is 122 Å². The number of carbonyl (C=O) groups excluding carboxylic acids is 4. The maximum Gasteiger partial charge on any atom is 0.481 e. The van der Waals surface area contributed by atoms with Crippen LogP contribution < -0.4 is 16.4 Å². The van der Waals surface area contributed by atoms with E-state index in [2.05, 4.69) is 47.4 Å². The minimum atomic E-state index is -5.61. The Hall–Kier alpha value is -3.11. The van der Waals surface area contributed by atoms with Crippen molar-refractivity contribution >= 4 is 74.9 Å². The molecule has 3 aliphatic heterocycles. The van der Waals surface area contributed by atoms with Crippen LogP contribution in [-0.4, -0.2) is 151 Å². The number of hydrogen-bond acceptors (Lipinski definition) is 21. The van der Waals surface area contributed by atoms with Crippen molar-refractivity contribution in [2.75, 3.05) is 37.8 Å². The molecule has 3 aliphatic carbocycles. The number of nitrogens with one attached hydrogen (secondary N) is 2. The third kappa shape index (κ3) is 12.1. The number of phosphoric ester groups is 3. The number of rotatable bonds is 24. The Balaban J connectivity index is 0.790. The Bertz CT molecular complexity index is 2590. The molecule has 4 bridgehead atoms. The van der Waals surface area contributed by atoms with Crippen LogP contribution in [0.4, 0.5) is 5.82 Å². The summed E-state index contributed by atoms with van der Waals surface area (Å²) in [4.78, 5) is 103. The zero-order valence-electron chi connectivity index (χ0n) is 39.9. The van der Waals surface area contributed by atoms with Gasteiger partial charge >= 0.3 is 23.5 Å². The van der Waals surface area contributed by atoms with Crippen molar-refractivity contribution in [1.82, 2.24) is 30.2 Å². The van der Waals surface area contributed by atoms with Gasteiger partial charge in [0.05, 0.1) is 43.3 Å².